The van der Waals surface area contributed by atoms with E-state index < -0.39 is 16.5 Å². The fourth-order valence-corrected chi connectivity index (χ4v) is 2.13. The second kappa shape index (κ2) is 6.79. The first-order valence-corrected chi connectivity index (χ1v) is 7.20. The molecule has 0 aliphatic heterocycles. The van der Waals surface area contributed by atoms with Crippen LogP contribution in [0.4, 0.5) is 5.69 Å². The lowest BCUT2D eigenvalue weighted by molar-refractivity contribution is -0.384. The van der Waals surface area contributed by atoms with Gasteiger partial charge in [-0.3, -0.25) is 10.1 Å². The number of nitrogens with zero attached hydrogens (tertiary/aromatic N) is 1. The predicted molar refractivity (Wildman–Crippen MR) is 90.2 cm³/mol. The Balaban J connectivity index is 1.75. The number of hydrogen-bond acceptors (Lipinski definition) is 6. The fraction of sp³-hybridized carbons (Fsp3) is 0. The molecule has 1 aromatic heterocycles. The van der Waals surface area contributed by atoms with Gasteiger partial charge in [0.05, 0.1) is 4.92 Å². The highest BCUT2D eigenvalue weighted by Gasteiger charge is 2.09. The molecule has 0 aliphatic carbocycles. The Hall–Kier alpha value is -3.74. The molecule has 0 radical (unpaired) electrons. The van der Waals surface area contributed by atoms with Crippen LogP contribution in [0, 0.1) is 10.1 Å². The third-order valence-corrected chi connectivity index (χ3v) is 3.34. The molecule has 3 rings (SSSR count). The molecule has 1 heterocycles. The van der Waals surface area contributed by atoms with Gasteiger partial charge >= 0.3 is 11.6 Å². The minimum Gasteiger partial charge on any atom is -0.420 e. The van der Waals surface area contributed by atoms with E-state index in [1.54, 1.807) is 24.3 Å². The molecule has 0 saturated carbocycles. The Labute approximate surface area is 140 Å². The van der Waals surface area contributed by atoms with Gasteiger partial charge in [0.25, 0.3) is 5.69 Å². The Morgan fingerprint density at radius 1 is 1.12 bits per heavy atom. The van der Waals surface area contributed by atoms with Crippen LogP contribution in [-0.2, 0) is 4.79 Å². The number of carbonyl (C=O) groups is 1. The second-order valence-corrected chi connectivity index (χ2v) is 5.04. The summed E-state index contributed by atoms with van der Waals surface area (Å²) in [6.45, 7) is 0. The molecule has 0 bridgehead atoms. The number of nitro benzene ring substituents is 1. The lowest BCUT2D eigenvalue weighted by Crippen LogP contribution is -2.11. The van der Waals surface area contributed by atoms with E-state index in [2.05, 4.69) is 0 Å². The van der Waals surface area contributed by atoms with Crippen molar-refractivity contribution in [3.63, 3.8) is 0 Å². The van der Waals surface area contributed by atoms with Crippen LogP contribution in [0.25, 0.3) is 17.0 Å². The van der Waals surface area contributed by atoms with Crippen molar-refractivity contribution >= 4 is 28.7 Å². The van der Waals surface area contributed by atoms with Crippen LogP contribution in [0.5, 0.6) is 5.75 Å². The van der Waals surface area contributed by atoms with E-state index in [-0.39, 0.29) is 11.4 Å². The summed E-state index contributed by atoms with van der Waals surface area (Å²) in [4.78, 5) is 33.7. The molecule has 3 aromatic rings. The third kappa shape index (κ3) is 3.78. The number of ether oxygens (including phenoxy) is 1. The van der Waals surface area contributed by atoms with Crippen molar-refractivity contribution in [1.29, 1.82) is 0 Å². The molecule has 0 saturated heterocycles. The minimum atomic E-state index is -0.763. The number of fused-ring (bicyclic) bond motifs is 1. The van der Waals surface area contributed by atoms with Crippen molar-refractivity contribution < 1.29 is 18.9 Å². The molecule has 7 heteroatoms. The fourth-order valence-electron chi connectivity index (χ4n) is 2.13. The van der Waals surface area contributed by atoms with Crippen LogP contribution in [0.1, 0.15) is 5.56 Å². The molecule has 0 amide bonds. The average Bonchev–Trinajstić information content (AvgIpc) is 2.61. The van der Waals surface area contributed by atoms with E-state index >= 15 is 0 Å². The highest BCUT2D eigenvalue weighted by atomic mass is 16.6. The summed E-state index contributed by atoms with van der Waals surface area (Å²) in [5.41, 5.74) is 0.172. The average molecular weight is 337 g/mol. The van der Waals surface area contributed by atoms with Gasteiger partial charge in [-0.05, 0) is 35.9 Å². The molecular formula is C18H11NO6. The Kier molecular flexibility index (Phi) is 4.38. The summed E-state index contributed by atoms with van der Waals surface area (Å²) in [6.07, 6.45) is 2.55. The number of esters is 1. The Morgan fingerprint density at radius 3 is 2.56 bits per heavy atom. The van der Waals surface area contributed by atoms with Crippen molar-refractivity contribution in [3.05, 3.63) is 86.8 Å². The van der Waals surface area contributed by atoms with Crippen LogP contribution in [-0.4, -0.2) is 10.9 Å². The molecule has 0 fully saturated rings. The maximum Gasteiger partial charge on any atom is 0.379 e. The molecule has 0 atom stereocenters. The topological polar surface area (TPSA) is 99.7 Å². The van der Waals surface area contributed by atoms with Crippen LogP contribution in [0.2, 0.25) is 0 Å². The summed E-state index contributed by atoms with van der Waals surface area (Å²) in [6, 6.07) is 13.9. The first-order valence-electron chi connectivity index (χ1n) is 7.20. The number of rotatable bonds is 4. The molecule has 2 aromatic carbocycles. The van der Waals surface area contributed by atoms with Crippen molar-refractivity contribution in [2.24, 2.45) is 0 Å². The first kappa shape index (κ1) is 16.1. The van der Waals surface area contributed by atoms with E-state index in [0.717, 1.165) is 6.08 Å². The number of hydrogen-bond donors (Lipinski definition) is 0. The maximum atomic E-state index is 11.9. The number of non-ortho nitro benzene ring substituents is 1. The lowest BCUT2D eigenvalue weighted by atomic mass is 10.2. The van der Waals surface area contributed by atoms with Gasteiger partial charge in [0.2, 0.25) is 5.75 Å². The summed E-state index contributed by atoms with van der Waals surface area (Å²) >= 11 is 0. The third-order valence-electron chi connectivity index (χ3n) is 3.34. The van der Waals surface area contributed by atoms with Crippen LogP contribution >= 0.6 is 0 Å². The standard InChI is InChI=1S/C18H11NO6/c20-17(10-7-12-5-8-14(9-6-12)19(22)23)24-16-11-13-3-1-2-4-15(13)25-18(16)21/h1-11H/b10-7+. The maximum absolute atomic E-state index is 11.9. The zero-order valence-electron chi connectivity index (χ0n) is 12.7. The molecule has 0 unspecified atom stereocenters. The molecule has 7 nitrogen and oxygen atoms in total. The van der Waals surface area contributed by atoms with Gasteiger partial charge in [0.1, 0.15) is 5.58 Å². The summed E-state index contributed by atoms with van der Waals surface area (Å²) in [5.74, 6) is -0.974. The Bertz CT molecular complexity index is 1030. The number of benzene rings is 2. The van der Waals surface area contributed by atoms with Gasteiger partial charge in [0, 0.05) is 23.6 Å². The molecule has 0 spiro atoms. The van der Waals surface area contributed by atoms with Crippen molar-refractivity contribution in [2.45, 2.75) is 0 Å². The molecular weight excluding hydrogens is 326 g/mol. The smallest absolute Gasteiger partial charge is 0.379 e. The monoisotopic (exact) mass is 337 g/mol. The normalized spacial score (nSPS) is 10.9. The van der Waals surface area contributed by atoms with Crippen LogP contribution in [0.15, 0.2) is 69.9 Å². The first-order chi connectivity index (χ1) is 12.0. The number of carbonyl (C=O) groups excluding carboxylic acids is 1. The number of nitro groups is 1. The van der Waals surface area contributed by atoms with Gasteiger partial charge in [-0.1, -0.05) is 18.2 Å². The number of para-hydroxylation sites is 1. The summed E-state index contributed by atoms with van der Waals surface area (Å²) in [7, 11) is 0. The molecule has 0 aliphatic rings. The second-order valence-electron chi connectivity index (χ2n) is 5.04. The zero-order chi connectivity index (χ0) is 17.8. The molecule has 25 heavy (non-hydrogen) atoms. The SMILES string of the molecule is O=C(/C=C/c1ccc([N+](=O)[O-])cc1)Oc1cc2ccccc2oc1=O. The van der Waals surface area contributed by atoms with Gasteiger partial charge in [-0.15, -0.1) is 0 Å². The zero-order valence-corrected chi connectivity index (χ0v) is 12.7. The molecule has 0 N–H and O–H groups in total. The lowest BCUT2D eigenvalue weighted by Gasteiger charge is -2.01. The highest BCUT2D eigenvalue weighted by Crippen LogP contribution is 2.17. The van der Waals surface area contributed by atoms with E-state index in [0.29, 0.717) is 16.5 Å². The largest absolute Gasteiger partial charge is 0.420 e. The summed E-state index contributed by atoms with van der Waals surface area (Å²) in [5, 5.41) is 11.2. The van der Waals surface area contributed by atoms with Crippen LogP contribution in [0.3, 0.4) is 0 Å². The van der Waals surface area contributed by atoms with E-state index in [4.69, 9.17) is 9.15 Å². The van der Waals surface area contributed by atoms with Crippen LogP contribution < -0.4 is 10.4 Å². The summed E-state index contributed by atoms with van der Waals surface area (Å²) < 4.78 is 10.1. The minimum absolute atomic E-state index is 0.0477. The molecule has 124 valence electrons. The van der Waals surface area contributed by atoms with Gasteiger partial charge in [-0.2, -0.15) is 0 Å². The van der Waals surface area contributed by atoms with E-state index in [9.17, 15) is 19.7 Å². The van der Waals surface area contributed by atoms with Crippen molar-refractivity contribution in [2.75, 3.05) is 0 Å². The van der Waals surface area contributed by atoms with Gasteiger partial charge < -0.3 is 9.15 Å². The quantitative estimate of drug-likeness (QED) is 0.238. The van der Waals surface area contributed by atoms with Gasteiger partial charge in [0.15, 0.2) is 0 Å². The van der Waals surface area contributed by atoms with Gasteiger partial charge in [-0.25, -0.2) is 9.59 Å². The van der Waals surface area contributed by atoms with E-state index in [1.165, 1.54) is 36.4 Å². The Morgan fingerprint density at radius 2 is 1.84 bits per heavy atom. The van der Waals surface area contributed by atoms with E-state index in [1.807, 2.05) is 0 Å². The predicted octanol–water partition coefficient (Wildman–Crippen LogP) is 3.32. The van der Waals surface area contributed by atoms with Crippen molar-refractivity contribution in [3.8, 4) is 5.75 Å². The van der Waals surface area contributed by atoms with Crippen molar-refractivity contribution in [1.82, 2.24) is 0 Å². The highest BCUT2D eigenvalue weighted by molar-refractivity contribution is 5.89.